The van der Waals surface area contributed by atoms with E-state index in [-0.39, 0.29) is 7.43 Å². The highest BCUT2D eigenvalue weighted by molar-refractivity contribution is 6.17. The molecule has 0 radical (unpaired) electrons. The number of benzene rings is 4. The lowest BCUT2D eigenvalue weighted by molar-refractivity contribution is 0.667. The summed E-state index contributed by atoms with van der Waals surface area (Å²) in [6.45, 7) is 12.6. The molecule has 0 fully saturated rings. The third kappa shape index (κ3) is 8.38. The molecule has 0 aliphatic heterocycles. The largest absolute Gasteiger partial charge is 0.0776 e. The highest BCUT2D eigenvalue weighted by Gasteiger charge is 2.06. The van der Waals surface area contributed by atoms with Crippen LogP contribution in [0.25, 0.3) is 32.3 Å². The summed E-state index contributed by atoms with van der Waals surface area (Å²) < 4.78 is 0. The molecule has 0 heterocycles. The monoisotopic (exact) mass is 472 g/mol. The third-order valence-electron chi connectivity index (χ3n) is 6.60. The first kappa shape index (κ1) is 30.7. The predicted molar refractivity (Wildman–Crippen MR) is 164 cm³/mol. The molecule has 0 nitrogen and oxygen atoms in total. The van der Waals surface area contributed by atoms with Crippen LogP contribution in [-0.2, 0) is 12.8 Å². The second kappa shape index (κ2) is 17.1. The van der Waals surface area contributed by atoms with Crippen molar-refractivity contribution in [2.24, 2.45) is 0 Å². The minimum absolute atomic E-state index is 0. The predicted octanol–water partition coefficient (Wildman–Crippen LogP) is 12.1. The maximum atomic E-state index is 2.41. The van der Waals surface area contributed by atoms with Gasteiger partial charge in [-0.1, -0.05) is 148 Å². The Kier molecular flexibility index (Phi) is 15.0. The van der Waals surface area contributed by atoms with Crippen LogP contribution in [0.2, 0.25) is 0 Å². The first-order valence-corrected chi connectivity index (χ1v) is 14.2. The SMILES string of the molecule is C.CC.CC.CCCCCCc1ccc2c(ccc3c4ccc(CCCCCC)cc4ccc23)c1. The van der Waals surface area contributed by atoms with Crippen molar-refractivity contribution in [2.45, 2.75) is 113 Å². The Balaban J connectivity index is 0.00000117. The molecule has 0 aliphatic carbocycles. The number of hydrogen-bond donors (Lipinski definition) is 0. The molecule has 192 valence electrons. The van der Waals surface area contributed by atoms with E-state index in [4.69, 9.17) is 0 Å². The Morgan fingerprint density at radius 3 is 1.17 bits per heavy atom. The molecule has 0 saturated carbocycles. The molecule has 35 heavy (non-hydrogen) atoms. The number of fused-ring (bicyclic) bond motifs is 5. The second-order valence-corrected chi connectivity index (χ2v) is 8.96. The van der Waals surface area contributed by atoms with Gasteiger partial charge in [-0.25, -0.2) is 0 Å². The van der Waals surface area contributed by atoms with Crippen LogP contribution in [0.15, 0.2) is 60.7 Å². The fourth-order valence-corrected chi connectivity index (χ4v) is 4.81. The van der Waals surface area contributed by atoms with Gasteiger partial charge in [0.1, 0.15) is 0 Å². The Morgan fingerprint density at radius 1 is 0.429 bits per heavy atom. The van der Waals surface area contributed by atoms with Crippen LogP contribution in [0.3, 0.4) is 0 Å². The van der Waals surface area contributed by atoms with Gasteiger partial charge in [-0.05, 0) is 69.1 Å². The molecule has 0 heteroatoms. The van der Waals surface area contributed by atoms with Crippen molar-refractivity contribution in [3.63, 3.8) is 0 Å². The average Bonchev–Trinajstić information content (AvgIpc) is 2.90. The Hall–Kier alpha value is -2.34. The van der Waals surface area contributed by atoms with E-state index in [1.54, 1.807) is 0 Å². The molecule has 0 amide bonds. The van der Waals surface area contributed by atoms with Crippen LogP contribution in [0.1, 0.15) is 111 Å². The lowest BCUT2D eigenvalue weighted by Gasteiger charge is -2.10. The van der Waals surface area contributed by atoms with E-state index in [0.29, 0.717) is 0 Å². The molecule has 0 aromatic heterocycles. The fourth-order valence-electron chi connectivity index (χ4n) is 4.81. The number of rotatable bonds is 10. The number of hydrogen-bond acceptors (Lipinski definition) is 0. The average molecular weight is 473 g/mol. The van der Waals surface area contributed by atoms with Gasteiger partial charge in [0.2, 0.25) is 0 Å². The zero-order valence-electron chi connectivity index (χ0n) is 22.8. The molecular formula is C35H52. The topological polar surface area (TPSA) is 0 Å². The molecule has 0 spiro atoms. The van der Waals surface area contributed by atoms with Crippen LogP contribution in [-0.4, -0.2) is 0 Å². The van der Waals surface area contributed by atoms with Crippen molar-refractivity contribution in [3.8, 4) is 0 Å². The van der Waals surface area contributed by atoms with Crippen molar-refractivity contribution in [2.75, 3.05) is 0 Å². The number of unbranched alkanes of at least 4 members (excludes halogenated alkanes) is 6. The first-order valence-electron chi connectivity index (χ1n) is 14.2. The lowest BCUT2D eigenvalue weighted by Crippen LogP contribution is -1.88. The van der Waals surface area contributed by atoms with Crippen molar-refractivity contribution in [1.29, 1.82) is 0 Å². The zero-order valence-corrected chi connectivity index (χ0v) is 22.8. The summed E-state index contributed by atoms with van der Waals surface area (Å²) in [5.41, 5.74) is 2.96. The van der Waals surface area contributed by atoms with Crippen LogP contribution < -0.4 is 0 Å². The maximum Gasteiger partial charge on any atom is -0.00990 e. The minimum Gasteiger partial charge on any atom is -0.0776 e. The van der Waals surface area contributed by atoms with Crippen molar-refractivity contribution < 1.29 is 0 Å². The van der Waals surface area contributed by atoms with Crippen LogP contribution >= 0.6 is 0 Å². The van der Waals surface area contributed by atoms with Crippen LogP contribution in [0.5, 0.6) is 0 Å². The van der Waals surface area contributed by atoms with E-state index in [1.807, 2.05) is 27.7 Å². The molecule has 0 bridgehead atoms. The van der Waals surface area contributed by atoms with Gasteiger partial charge >= 0.3 is 0 Å². The summed E-state index contributed by atoms with van der Waals surface area (Å²) in [7, 11) is 0. The molecule has 4 aromatic rings. The van der Waals surface area contributed by atoms with E-state index in [0.717, 1.165) is 0 Å². The van der Waals surface area contributed by atoms with Gasteiger partial charge in [0.05, 0.1) is 0 Å². The molecule has 0 aliphatic rings. The highest BCUT2D eigenvalue weighted by atomic mass is 14.1. The lowest BCUT2D eigenvalue weighted by atomic mass is 9.94. The molecule has 0 atom stereocenters. The summed E-state index contributed by atoms with van der Waals surface area (Å²) in [4.78, 5) is 0. The van der Waals surface area contributed by atoms with Gasteiger partial charge in [-0.3, -0.25) is 0 Å². The molecule has 4 aromatic carbocycles. The minimum atomic E-state index is 0. The van der Waals surface area contributed by atoms with Crippen LogP contribution in [0.4, 0.5) is 0 Å². The van der Waals surface area contributed by atoms with Crippen molar-refractivity contribution >= 4 is 32.3 Å². The summed E-state index contributed by atoms with van der Waals surface area (Å²) in [5, 5.41) is 8.29. The Labute approximate surface area is 217 Å². The molecular weight excluding hydrogens is 420 g/mol. The summed E-state index contributed by atoms with van der Waals surface area (Å²) >= 11 is 0. The molecule has 4 rings (SSSR count). The quantitative estimate of drug-likeness (QED) is 0.159. The van der Waals surface area contributed by atoms with Gasteiger partial charge in [0, 0.05) is 0 Å². The van der Waals surface area contributed by atoms with Gasteiger partial charge < -0.3 is 0 Å². The fraction of sp³-hybridized carbons (Fsp3) is 0.486. The van der Waals surface area contributed by atoms with Gasteiger partial charge in [0.25, 0.3) is 0 Å². The van der Waals surface area contributed by atoms with E-state index >= 15 is 0 Å². The van der Waals surface area contributed by atoms with Crippen molar-refractivity contribution in [3.05, 3.63) is 71.8 Å². The third-order valence-corrected chi connectivity index (χ3v) is 6.60. The molecule has 0 N–H and O–H groups in total. The van der Waals surface area contributed by atoms with Gasteiger partial charge in [0.15, 0.2) is 0 Å². The first-order chi connectivity index (χ1) is 16.8. The van der Waals surface area contributed by atoms with Gasteiger partial charge in [-0.15, -0.1) is 0 Å². The van der Waals surface area contributed by atoms with E-state index in [1.165, 1.54) is 108 Å². The van der Waals surface area contributed by atoms with Crippen molar-refractivity contribution in [1.82, 2.24) is 0 Å². The van der Waals surface area contributed by atoms with E-state index < -0.39 is 0 Å². The van der Waals surface area contributed by atoms with Crippen LogP contribution in [0, 0.1) is 0 Å². The standard InChI is InChI=1S/C30H36.2C2H6.CH4/c1-3-5-7-9-11-23-13-17-27-25(21-23)15-19-30-28-18-14-24(12-10-8-6-4-2)22-26(28)16-20-29(27)30;2*1-2;/h13-22H,3-12H2,1-2H3;2*1-2H3;1H4. The summed E-state index contributed by atoms with van der Waals surface area (Å²) in [5.74, 6) is 0. The maximum absolute atomic E-state index is 2.41. The zero-order chi connectivity index (χ0) is 24.8. The Morgan fingerprint density at radius 2 is 0.800 bits per heavy atom. The summed E-state index contributed by atoms with van der Waals surface area (Å²) in [6.07, 6.45) is 13.0. The Bertz CT molecular complexity index is 1030. The van der Waals surface area contributed by atoms with E-state index in [9.17, 15) is 0 Å². The smallest absolute Gasteiger partial charge is 0.00990 e. The number of aryl methyl sites for hydroxylation is 2. The summed E-state index contributed by atoms with van der Waals surface area (Å²) in [6, 6.07) is 23.5. The highest BCUT2D eigenvalue weighted by Crippen LogP contribution is 2.32. The molecule has 0 unspecified atom stereocenters. The van der Waals surface area contributed by atoms with E-state index in [2.05, 4.69) is 74.5 Å². The normalized spacial score (nSPS) is 10.3. The molecule has 0 saturated heterocycles. The van der Waals surface area contributed by atoms with Gasteiger partial charge in [-0.2, -0.15) is 0 Å². The second-order valence-electron chi connectivity index (χ2n) is 8.96.